The summed E-state index contributed by atoms with van der Waals surface area (Å²) in [6.07, 6.45) is 0.511. The van der Waals surface area contributed by atoms with Crippen molar-refractivity contribution in [3.05, 3.63) is 29.3 Å². The third-order valence-corrected chi connectivity index (χ3v) is 5.76. The molecule has 0 amide bonds. The zero-order chi connectivity index (χ0) is 12.8. The summed E-state index contributed by atoms with van der Waals surface area (Å²) in [5.41, 5.74) is 7.99. The predicted molar refractivity (Wildman–Crippen MR) is 68.7 cm³/mol. The molecule has 17 heavy (non-hydrogen) atoms. The third kappa shape index (κ3) is 2.00. The highest BCUT2D eigenvalue weighted by Gasteiger charge is 2.34. The summed E-state index contributed by atoms with van der Waals surface area (Å²) in [4.78, 5) is 0.424. The van der Waals surface area contributed by atoms with Crippen LogP contribution in [0.25, 0.3) is 0 Å². The quantitative estimate of drug-likeness (QED) is 0.836. The monoisotopic (exact) mass is 253 g/mol. The van der Waals surface area contributed by atoms with Gasteiger partial charge in [-0.1, -0.05) is 26.0 Å². The first-order valence-corrected chi connectivity index (χ1v) is 7.52. The van der Waals surface area contributed by atoms with Gasteiger partial charge in [0.15, 0.2) is 9.84 Å². The molecule has 1 aromatic carbocycles. The van der Waals surface area contributed by atoms with Crippen molar-refractivity contribution in [2.45, 2.75) is 49.3 Å². The van der Waals surface area contributed by atoms with Crippen LogP contribution in [0.3, 0.4) is 0 Å². The van der Waals surface area contributed by atoms with Crippen LogP contribution in [0.4, 0.5) is 0 Å². The van der Waals surface area contributed by atoms with Gasteiger partial charge < -0.3 is 5.73 Å². The number of sulfone groups is 1. The molecule has 0 bridgehead atoms. The molecule has 0 radical (unpaired) electrons. The Labute approximate surface area is 103 Å². The van der Waals surface area contributed by atoms with Gasteiger partial charge in [-0.05, 0) is 36.5 Å². The lowest BCUT2D eigenvalue weighted by atomic mass is 9.95. The molecule has 0 fully saturated rings. The second kappa shape index (κ2) is 4.10. The van der Waals surface area contributed by atoms with E-state index in [9.17, 15) is 8.42 Å². The minimum Gasteiger partial charge on any atom is -0.324 e. The number of hydrogen-bond donors (Lipinski definition) is 1. The molecule has 2 rings (SSSR count). The lowest BCUT2D eigenvalue weighted by Crippen LogP contribution is -2.31. The van der Waals surface area contributed by atoms with E-state index in [1.807, 2.05) is 12.1 Å². The molecule has 3 nitrogen and oxygen atoms in total. The van der Waals surface area contributed by atoms with Crippen molar-refractivity contribution >= 4 is 9.84 Å². The molecule has 0 saturated carbocycles. The van der Waals surface area contributed by atoms with Crippen molar-refractivity contribution < 1.29 is 8.42 Å². The summed E-state index contributed by atoms with van der Waals surface area (Å²) in [6, 6.07) is 5.40. The normalized spacial score (nSPS) is 26.9. The molecule has 2 unspecified atom stereocenters. The average Bonchev–Trinajstić information content (AvgIpc) is 2.26. The number of benzene rings is 1. The first-order valence-electron chi connectivity index (χ1n) is 5.97. The maximum atomic E-state index is 12.2. The van der Waals surface area contributed by atoms with E-state index in [-0.39, 0.29) is 11.3 Å². The highest BCUT2D eigenvalue weighted by Crippen LogP contribution is 2.36. The van der Waals surface area contributed by atoms with E-state index in [1.165, 1.54) is 0 Å². The van der Waals surface area contributed by atoms with Gasteiger partial charge in [0.05, 0.1) is 10.1 Å². The fraction of sp³-hybridized carbons (Fsp3) is 0.538. The molecule has 1 aliphatic heterocycles. The van der Waals surface area contributed by atoms with E-state index in [2.05, 4.69) is 13.8 Å². The maximum absolute atomic E-state index is 12.2. The second-order valence-electron chi connectivity index (χ2n) is 5.15. The van der Waals surface area contributed by atoms with Crippen LogP contribution in [0.1, 0.15) is 50.3 Å². The zero-order valence-corrected chi connectivity index (χ0v) is 11.3. The molecule has 1 heterocycles. The van der Waals surface area contributed by atoms with E-state index in [0.717, 1.165) is 11.1 Å². The fourth-order valence-corrected chi connectivity index (χ4v) is 3.99. The summed E-state index contributed by atoms with van der Waals surface area (Å²) < 4.78 is 24.4. The molecular formula is C13H19NO2S. The molecule has 4 heteroatoms. The first-order chi connectivity index (χ1) is 7.84. The van der Waals surface area contributed by atoms with Crippen LogP contribution in [0.15, 0.2) is 23.1 Å². The van der Waals surface area contributed by atoms with Gasteiger partial charge in [-0.15, -0.1) is 0 Å². The van der Waals surface area contributed by atoms with E-state index in [0.29, 0.717) is 17.2 Å². The largest absolute Gasteiger partial charge is 0.324 e. The van der Waals surface area contributed by atoms with Crippen LogP contribution in [-0.2, 0) is 9.84 Å². The van der Waals surface area contributed by atoms with E-state index < -0.39 is 9.84 Å². The molecule has 94 valence electrons. The standard InChI is InChI=1S/C13H19NO2S/c1-8(2)10-4-5-13-11(7-10)12(14)6-9(3)17(13,15)16/h4-5,7-9,12H,6,14H2,1-3H3. The van der Waals surface area contributed by atoms with E-state index >= 15 is 0 Å². The van der Waals surface area contributed by atoms with Crippen molar-refractivity contribution in [1.29, 1.82) is 0 Å². The Bertz CT molecular complexity index is 534. The topological polar surface area (TPSA) is 60.2 Å². The Morgan fingerprint density at radius 1 is 1.35 bits per heavy atom. The highest BCUT2D eigenvalue weighted by molar-refractivity contribution is 7.92. The Balaban J connectivity index is 2.63. The molecule has 0 saturated heterocycles. The van der Waals surface area contributed by atoms with Crippen LogP contribution in [0, 0.1) is 0 Å². The van der Waals surface area contributed by atoms with Crippen molar-refractivity contribution in [2.75, 3.05) is 0 Å². The molecular weight excluding hydrogens is 234 g/mol. The van der Waals surface area contributed by atoms with Gasteiger partial charge in [0.1, 0.15) is 0 Å². The van der Waals surface area contributed by atoms with Crippen molar-refractivity contribution in [2.24, 2.45) is 5.73 Å². The summed E-state index contributed by atoms with van der Waals surface area (Å²) in [7, 11) is -3.18. The van der Waals surface area contributed by atoms with Crippen molar-refractivity contribution in [3.8, 4) is 0 Å². The van der Waals surface area contributed by atoms with Crippen LogP contribution < -0.4 is 5.73 Å². The van der Waals surface area contributed by atoms with Gasteiger partial charge >= 0.3 is 0 Å². The Morgan fingerprint density at radius 3 is 2.59 bits per heavy atom. The lowest BCUT2D eigenvalue weighted by Gasteiger charge is -2.28. The number of nitrogens with two attached hydrogens (primary N) is 1. The Morgan fingerprint density at radius 2 is 2.00 bits per heavy atom. The van der Waals surface area contributed by atoms with Crippen LogP contribution >= 0.6 is 0 Å². The molecule has 0 aromatic heterocycles. The Kier molecular flexibility index (Phi) is 3.04. The minimum atomic E-state index is -3.18. The van der Waals surface area contributed by atoms with Gasteiger partial charge in [-0.2, -0.15) is 0 Å². The summed E-state index contributed by atoms with van der Waals surface area (Å²) >= 11 is 0. The number of hydrogen-bond acceptors (Lipinski definition) is 3. The molecule has 2 N–H and O–H groups in total. The molecule has 0 spiro atoms. The number of rotatable bonds is 1. The van der Waals surface area contributed by atoms with Crippen LogP contribution in [0.5, 0.6) is 0 Å². The van der Waals surface area contributed by atoms with Gasteiger partial charge in [0.2, 0.25) is 0 Å². The van der Waals surface area contributed by atoms with Crippen molar-refractivity contribution in [1.82, 2.24) is 0 Å². The Hall–Kier alpha value is -0.870. The van der Waals surface area contributed by atoms with Crippen LogP contribution in [-0.4, -0.2) is 13.7 Å². The SMILES string of the molecule is CC(C)c1ccc2c(c1)C(N)CC(C)S2(=O)=O. The minimum absolute atomic E-state index is 0.165. The van der Waals surface area contributed by atoms with Crippen molar-refractivity contribution in [3.63, 3.8) is 0 Å². The van der Waals surface area contributed by atoms with E-state index in [1.54, 1.807) is 13.0 Å². The smallest absolute Gasteiger partial charge is 0.181 e. The second-order valence-corrected chi connectivity index (χ2v) is 7.48. The highest BCUT2D eigenvalue weighted by atomic mass is 32.2. The van der Waals surface area contributed by atoms with Gasteiger partial charge in [-0.3, -0.25) is 0 Å². The molecule has 0 aliphatic carbocycles. The summed E-state index contributed by atoms with van der Waals surface area (Å²) in [5.74, 6) is 0.384. The first kappa shape index (κ1) is 12.6. The molecule has 2 atom stereocenters. The average molecular weight is 253 g/mol. The van der Waals surface area contributed by atoms with Crippen LogP contribution in [0.2, 0.25) is 0 Å². The van der Waals surface area contributed by atoms with Gasteiger partial charge in [-0.25, -0.2) is 8.42 Å². The third-order valence-electron chi connectivity index (χ3n) is 3.52. The number of fused-ring (bicyclic) bond motifs is 1. The predicted octanol–water partition coefficient (Wildman–Crippen LogP) is 2.38. The lowest BCUT2D eigenvalue weighted by molar-refractivity contribution is 0.536. The fourth-order valence-electron chi connectivity index (χ4n) is 2.30. The van der Waals surface area contributed by atoms with Gasteiger partial charge in [0, 0.05) is 6.04 Å². The summed E-state index contributed by atoms with van der Waals surface area (Å²) in [6.45, 7) is 5.91. The molecule has 1 aromatic rings. The molecule has 1 aliphatic rings. The van der Waals surface area contributed by atoms with E-state index in [4.69, 9.17) is 5.73 Å². The summed E-state index contributed by atoms with van der Waals surface area (Å²) in [5, 5.41) is -0.380. The van der Waals surface area contributed by atoms with Gasteiger partial charge in [0.25, 0.3) is 0 Å². The zero-order valence-electron chi connectivity index (χ0n) is 10.5. The maximum Gasteiger partial charge on any atom is 0.181 e.